The Bertz CT molecular complexity index is 1070. The molecule has 0 bridgehead atoms. The van der Waals surface area contributed by atoms with Crippen LogP contribution in [0.4, 0.5) is 4.79 Å². The Morgan fingerprint density at radius 1 is 0.871 bits per heavy atom. The Morgan fingerprint density at radius 2 is 1.42 bits per heavy atom. The first-order chi connectivity index (χ1) is 15.0. The van der Waals surface area contributed by atoms with Crippen molar-refractivity contribution in [3.63, 3.8) is 0 Å². The first-order valence-corrected chi connectivity index (χ1v) is 10.0. The quantitative estimate of drug-likeness (QED) is 0.583. The number of hydrogen-bond donors (Lipinski definition) is 1. The molecule has 3 aromatic rings. The first-order valence-electron chi connectivity index (χ1n) is 9.65. The van der Waals surface area contributed by atoms with Crippen LogP contribution in [-0.4, -0.2) is 31.1 Å². The van der Waals surface area contributed by atoms with Crippen LogP contribution in [0.15, 0.2) is 72.8 Å². The lowest BCUT2D eigenvalue weighted by Gasteiger charge is -2.28. The van der Waals surface area contributed by atoms with Crippen molar-refractivity contribution < 1.29 is 19.1 Å². The summed E-state index contributed by atoms with van der Waals surface area (Å²) in [4.78, 5) is 28.0. The molecule has 6 nitrogen and oxygen atoms in total. The highest BCUT2D eigenvalue weighted by Crippen LogP contribution is 2.38. The molecule has 7 heteroatoms. The summed E-state index contributed by atoms with van der Waals surface area (Å²) in [6.45, 7) is 0.110. The molecule has 0 aliphatic carbocycles. The standard InChI is InChI=1S/C24H21ClN2O4/c1-30-20-10-6-17(7-11-20)24(18-8-12-21(31-2)13-9-18)22(28)27(23(29)26-24)15-16-4-3-5-19(25)14-16/h3-14H,15H2,1-2H3,(H,26,29). The van der Waals surface area contributed by atoms with Crippen LogP contribution in [0.25, 0.3) is 0 Å². The Kier molecular flexibility index (Phi) is 5.57. The topological polar surface area (TPSA) is 67.9 Å². The van der Waals surface area contributed by atoms with Gasteiger partial charge in [0.1, 0.15) is 11.5 Å². The van der Waals surface area contributed by atoms with E-state index in [9.17, 15) is 9.59 Å². The monoisotopic (exact) mass is 436 g/mol. The van der Waals surface area contributed by atoms with E-state index in [0.717, 1.165) is 5.56 Å². The molecule has 0 atom stereocenters. The molecule has 4 rings (SSSR count). The van der Waals surface area contributed by atoms with E-state index in [1.807, 2.05) is 6.07 Å². The van der Waals surface area contributed by atoms with Crippen molar-refractivity contribution in [3.8, 4) is 11.5 Å². The third-order valence-electron chi connectivity index (χ3n) is 5.38. The van der Waals surface area contributed by atoms with Crippen LogP contribution in [0.5, 0.6) is 11.5 Å². The van der Waals surface area contributed by atoms with Crippen molar-refractivity contribution in [2.75, 3.05) is 14.2 Å². The number of benzene rings is 3. The molecule has 3 amide bonds. The predicted molar refractivity (Wildman–Crippen MR) is 117 cm³/mol. The predicted octanol–water partition coefficient (Wildman–Crippen LogP) is 4.35. The summed E-state index contributed by atoms with van der Waals surface area (Å²) in [6.07, 6.45) is 0. The molecule has 0 saturated carbocycles. The number of methoxy groups -OCH3 is 2. The van der Waals surface area contributed by atoms with Gasteiger partial charge in [0.15, 0.2) is 5.54 Å². The molecule has 1 aliphatic heterocycles. The van der Waals surface area contributed by atoms with Crippen LogP contribution in [0.3, 0.4) is 0 Å². The van der Waals surface area contributed by atoms with Crippen molar-refractivity contribution in [2.45, 2.75) is 12.1 Å². The maximum Gasteiger partial charge on any atom is 0.325 e. The Labute approximate surface area is 185 Å². The van der Waals surface area contributed by atoms with Gasteiger partial charge in [-0.05, 0) is 53.1 Å². The zero-order valence-corrected chi connectivity index (χ0v) is 17.8. The number of ether oxygens (including phenoxy) is 2. The number of hydrogen-bond acceptors (Lipinski definition) is 4. The van der Waals surface area contributed by atoms with E-state index in [4.69, 9.17) is 21.1 Å². The minimum atomic E-state index is -1.37. The van der Waals surface area contributed by atoms with Crippen molar-refractivity contribution in [1.29, 1.82) is 0 Å². The largest absolute Gasteiger partial charge is 0.497 e. The van der Waals surface area contributed by atoms with Gasteiger partial charge in [-0.25, -0.2) is 4.79 Å². The lowest BCUT2D eigenvalue weighted by atomic mass is 9.82. The van der Waals surface area contributed by atoms with E-state index in [-0.39, 0.29) is 12.5 Å². The highest BCUT2D eigenvalue weighted by Gasteiger charge is 2.53. The van der Waals surface area contributed by atoms with Crippen molar-refractivity contribution >= 4 is 23.5 Å². The Hall–Kier alpha value is -3.51. The molecule has 0 radical (unpaired) electrons. The summed E-state index contributed by atoms with van der Waals surface area (Å²) >= 11 is 6.08. The van der Waals surface area contributed by atoms with E-state index in [1.54, 1.807) is 80.9 Å². The average Bonchev–Trinajstić information content (AvgIpc) is 3.05. The molecular weight excluding hydrogens is 416 g/mol. The average molecular weight is 437 g/mol. The van der Waals surface area contributed by atoms with Gasteiger partial charge in [0.05, 0.1) is 20.8 Å². The molecule has 1 aliphatic rings. The molecule has 31 heavy (non-hydrogen) atoms. The SMILES string of the molecule is COc1ccc(C2(c3ccc(OC)cc3)NC(=O)N(Cc3cccc(Cl)c3)C2=O)cc1. The molecule has 1 saturated heterocycles. The number of halogens is 1. The van der Waals surface area contributed by atoms with E-state index in [2.05, 4.69) is 5.32 Å². The zero-order chi connectivity index (χ0) is 22.0. The molecule has 1 heterocycles. The summed E-state index contributed by atoms with van der Waals surface area (Å²) in [6, 6.07) is 20.8. The molecule has 1 N–H and O–H groups in total. The first kappa shape index (κ1) is 20.8. The third-order valence-corrected chi connectivity index (χ3v) is 5.62. The number of nitrogens with one attached hydrogen (secondary N) is 1. The Balaban J connectivity index is 1.80. The molecule has 0 aromatic heterocycles. The van der Waals surface area contributed by atoms with E-state index < -0.39 is 11.6 Å². The number of imide groups is 1. The van der Waals surface area contributed by atoms with Gasteiger partial charge >= 0.3 is 6.03 Å². The molecule has 158 valence electrons. The number of carbonyl (C=O) groups excluding carboxylic acids is 2. The summed E-state index contributed by atoms with van der Waals surface area (Å²) < 4.78 is 10.5. The summed E-state index contributed by atoms with van der Waals surface area (Å²) in [5.74, 6) is 0.940. The van der Waals surface area contributed by atoms with Crippen LogP contribution in [0.2, 0.25) is 5.02 Å². The van der Waals surface area contributed by atoms with Crippen molar-refractivity contribution in [1.82, 2.24) is 10.2 Å². The number of rotatable bonds is 6. The summed E-state index contributed by atoms with van der Waals surface area (Å²) in [5.41, 5.74) is 0.654. The highest BCUT2D eigenvalue weighted by molar-refractivity contribution is 6.30. The van der Waals surface area contributed by atoms with Crippen LogP contribution in [0.1, 0.15) is 16.7 Å². The fraction of sp³-hybridized carbons (Fsp3) is 0.167. The molecule has 0 unspecified atom stereocenters. The van der Waals surface area contributed by atoms with Crippen LogP contribution >= 0.6 is 11.6 Å². The minimum absolute atomic E-state index is 0.110. The lowest BCUT2D eigenvalue weighted by Crippen LogP contribution is -2.45. The van der Waals surface area contributed by atoms with Crippen molar-refractivity contribution in [2.24, 2.45) is 0 Å². The fourth-order valence-corrected chi connectivity index (χ4v) is 3.99. The van der Waals surface area contributed by atoms with Crippen LogP contribution < -0.4 is 14.8 Å². The zero-order valence-electron chi connectivity index (χ0n) is 17.1. The third kappa shape index (κ3) is 3.70. The second kappa shape index (κ2) is 8.32. The van der Waals surface area contributed by atoms with Gasteiger partial charge < -0.3 is 14.8 Å². The number of amides is 3. The van der Waals surface area contributed by atoms with E-state index in [1.165, 1.54) is 4.90 Å². The highest BCUT2D eigenvalue weighted by atomic mass is 35.5. The number of urea groups is 1. The normalized spacial score (nSPS) is 15.0. The van der Waals surface area contributed by atoms with Crippen LogP contribution in [-0.2, 0) is 16.9 Å². The van der Waals surface area contributed by atoms with Crippen LogP contribution in [0, 0.1) is 0 Å². The van der Waals surface area contributed by atoms with Gasteiger partial charge in [-0.1, -0.05) is 48.0 Å². The maximum atomic E-state index is 13.8. The van der Waals surface area contributed by atoms with Gasteiger partial charge in [-0.2, -0.15) is 0 Å². The smallest absolute Gasteiger partial charge is 0.325 e. The lowest BCUT2D eigenvalue weighted by molar-refractivity contribution is -0.130. The Morgan fingerprint density at radius 3 is 1.90 bits per heavy atom. The minimum Gasteiger partial charge on any atom is -0.497 e. The van der Waals surface area contributed by atoms with E-state index in [0.29, 0.717) is 27.6 Å². The summed E-state index contributed by atoms with van der Waals surface area (Å²) in [7, 11) is 3.15. The molecule has 1 fully saturated rings. The van der Waals surface area contributed by atoms with Crippen molar-refractivity contribution in [3.05, 3.63) is 94.5 Å². The van der Waals surface area contributed by atoms with Gasteiger partial charge in [0.2, 0.25) is 0 Å². The maximum absolute atomic E-state index is 13.8. The van der Waals surface area contributed by atoms with Gasteiger partial charge in [0, 0.05) is 5.02 Å². The number of nitrogens with zero attached hydrogens (tertiary/aromatic N) is 1. The number of carbonyl (C=O) groups is 2. The molecular formula is C24H21ClN2O4. The summed E-state index contributed by atoms with van der Waals surface area (Å²) in [5, 5.41) is 3.48. The second-order valence-electron chi connectivity index (χ2n) is 7.16. The fourth-order valence-electron chi connectivity index (χ4n) is 3.78. The van der Waals surface area contributed by atoms with Gasteiger partial charge in [-0.15, -0.1) is 0 Å². The molecule has 3 aromatic carbocycles. The van der Waals surface area contributed by atoms with Gasteiger partial charge in [0.25, 0.3) is 5.91 Å². The molecule has 0 spiro atoms. The van der Waals surface area contributed by atoms with Gasteiger partial charge in [-0.3, -0.25) is 9.69 Å². The van der Waals surface area contributed by atoms with E-state index >= 15 is 0 Å². The second-order valence-corrected chi connectivity index (χ2v) is 7.59.